The monoisotopic (exact) mass is 291 g/mol. The van der Waals surface area contributed by atoms with Crippen molar-refractivity contribution in [2.75, 3.05) is 13.7 Å². The first-order valence-corrected chi connectivity index (χ1v) is 7.76. The van der Waals surface area contributed by atoms with Gasteiger partial charge >= 0.3 is 0 Å². The van der Waals surface area contributed by atoms with Crippen LogP contribution in [0.25, 0.3) is 0 Å². The van der Waals surface area contributed by atoms with Crippen molar-refractivity contribution in [1.82, 2.24) is 5.32 Å². The maximum Gasteiger partial charge on any atom is 0.255 e. The van der Waals surface area contributed by atoms with Crippen molar-refractivity contribution in [3.63, 3.8) is 0 Å². The summed E-state index contributed by atoms with van der Waals surface area (Å²) in [5.41, 5.74) is 0.270. The van der Waals surface area contributed by atoms with Crippen LogP contribution in [0, 0.1) is 11.8 Å². The topological polar surface area (TPSA) is 58.6 Å². The predicted molar refractivity (Wildman–Crippen MR) is 82.7 cm³/mol. The van der Waals surface area contributed by atoms with Gasteiger partial charge in [-0.05, 0) is 36.8 Å². The highest BCUT2D eigenvalue weighted by molar-refractivity contribution is 5.97. The number of aromatic hydroxyl groups is 1. The van der Waals surface area contributed by atoms with Crippen molar-refractivity contribution in [3.05, 3.63) is 23.8 Å². The fourth-order valence-corrected chi connectivity index (χ4v) is 3.18. The molecule has 0 radical (unpaired) electrons. The lowest BCUT2D eigenvalue weighted by Crippen LogP contribution is -2.27. The molecule has 1 saturated carbocycles. The Morgan fingerprint density at radius 1 is 1.43 bits per heavy atom. The molecule has 21 heavy (non-hydrogen) atoms. The van der Waals surface area contributed by atoms with Crippen LogP contribution in [0.5, 0.6) is 11.5 Å². The van der Waals surface area contributed by atoms with Crippen molar-refractivity contribution >= 4 is 5.91 Å². The molecule has 2 atom stereocenters. The summed E-state index contributed by atoms with van der Waals surface area (Å²) in [5.74, 6) is 1.51. The lowest BCUT2D eigenvalue weighted by atomic mass is 9.81. The van der Waals surface area contributed by atoms with Crippen LogP contribution in [0.1, 0.15) is 49.4 Å². The number of carbonyl (C=O) groups is 1. The maximum atomic E-state index is 12.1. The van der Waals surface area contributed by atoms with Gasteiger partial charge in [-0.3, -0.25) is 4.79 Å². The zero-order chi connectivity index (χ0) is 15.2. The Kier molecular flexibility index (Phi) is 5.48. The summed E-state index contributed by atoms with van der Waals surface area (Å²) in [5, 5.41) is 12.9. The third kappa shape index (κ3) is 4.13. The Bertz CT molecular complexity index is 487. The molecule has 1 aliphatic carbocycles. The van der Waals surface area contributed by atoms with Gasteiger partial charge in [0.2, 0.25) is 0 Å². The number of phenols is 1. The van der Waals surface area contributed by atoms with Crippen LogP contribution in [0.3, 0.4) is 0 Å². The molecule has 0 heterocycles. The second kappa shape index (κ2) is 7.34. The Hall–Kier alpha value is -1.71. The predicted octanol–water partition coefficient (Wildman–Crippen LogP) is 3.35. The molecule has 116 valence electrons. The molecular weight excluding hydrogens is 266 g/mol. The van der Waals surface area contributed by atoms with Crippen molar-refractivity contribution in [2.45, 2.75) is 39.0 Å². The molecule has 1 aromatic carbocycles. The van der Waals surface area contributed by atoms with E-state index in [0.29, 0.717) is 18.2 Å². The van der Waals surface area contributed by atoms with Gasteiger partial charge in [0.15, 0.2) is 11.5 Å². The van der Waals surface area contributed by atoms with E-state index in [9.17, 15) is 9.90 Å². The number of amides is 1. The number of rotatable bonds is 5. The summed E-state index contributed by atoms with van der Waals surface area (Å²) in [7, 11) is 1.47. The van der Waals surface area contributed by atoms with Crippen LogP contribution < -0.4 is 10.1 Å². The number of nitrogens with one attached hydrogen (secondary N) is 1. The number of ether oxygens (including phenoxy) is 1. The van der Waals surface area contributed by atoms with Gasteiger partial charge in [0.25, 0.3) is 5.91 Å². The zero-order valence-corrected chi connectivity index (χ0v) is 12.9. The minimum Gasteiger partial charge on any atom is -0.504 e. The van der Waals surface area contributed by atoms with Crippen molar-refractivity contribution in [3.8, 4) is 11.5 Å². The van der Waals surface area contributed by atoms with Gasteiger partial charge in [-0.25, -0.2) is 0 Å². The van der Waals surface area contributed by atoms with Crippen LogP contribution in [-0.4, -0.2) is 24.7 Å². The van der Waals surface area contributed by atoms with Crippen LogP contribution in [0.15, 0.2) is 18.2 Å². The number of benzene rings is 1. The van der Waals surface area contributed by atoms with Crippen molar-refractivity contribution < 1.29 is 14.6 Å². The highest BCUT2D eigenvalue weighted by Gasteiger charge is 2.19. The molecule has 2 rings (SSSR count). The Morgan fingerprint density at radius 2 is 2.24 bits per heavy atom. The molecule has 4 heteroatoms. The van der Waals surface area contributed by atoms with E-state index in [1.165, 1.54) is 32.8 Å². The molecule has 2 unspecified atom stereocenters. The van der Waals surface area contributed by atoms with Crippen molar-refractivity contribution in [2.24, 2.45) is 11.8 Å². The number of hydrogen-bond acceptors (Lipinski definition) is 3. The van der Waals surface area contributed by atoms with Gasteiger partial charge in [-0.1, -0.05) is 32.3 Å². The highest BCUT2D eigenvalue weighted by atomic mass is 16.5. The quantitative estimate of drug-likeness (QED) is 0.874. The van der Waals surface area contributed by atoms with E-state index >= 15 is 0 Å². The summed E-state index contributed by atoms with van der Waals surface area (Å²) in [6, 6.07) is 4.95. The molecule has 4 nitrogen and oxygen atoms in total. The van der Waals surface area contributed by atoms with E-state index in [1.807, 2.05) is 0 Å². The van der Waals surface area contributed by atoms with Gasteiger partial charge < -0.3 is 15.2 Å². The summed E-state index contributed by atoms with van der Waals surface area (Å²) in [6.45, 7) is 2.96. The summed E-state index contributed by atoms with van der Waals surface area (Å²) < 4.78 is 5.02. The van der Waals surface area contributed by atoms with Gasteiger partial charge in [0, 0.05) is 6.54 Å². The van der Waals surface area contributed by atoms with E-state index in [-0.39, 0.29) is 17.2 Å². The molecule has 2 N–H and O–H groups in total. The van der Waals surface area contributed by atoms with E-state index in [2.05, 4.69) is 12.2 Å². The van der Waals surface area contributed by atoms with Crippen LogP contribution in [0.4, 0.5) is 0 Å². The van der Waals surface area contributed by atoms with E-state index in [1.54, 1.807) is 18.2 Å². The third-order valence-electron chi connectivity index (χ3n) is 4.35. The number of hydrogen-bond donors (Lipinski definition) is 2. The average Bonchev–Trinajstić information content (AvgIpc) is 2.47. The first-order valence-electron chi connectivity index (χ1n) is 7.76. The minimum absolute atomic E-state index is 0.0937. The van der Waals surface area contributed by atoms with Crippen molar-refractivity contribution in [1.29, 1.82) is 0 Å². The Balaban J connectivity index is 1.84. The number of methoxy groups -OCH3 is 1. The zero-order valence-electron chi connectivity index (χ0n) is 12.9. The fraction of sp³-hybridized carbons (Fsp3) is 0.588. The standard InChI is InChI=1S/C17H25NO3/c1-12-5-3-6-13(11-12)9-10-18-17(20)14-7-4-8-15(21-2)16(14)19/h4,7-8,12-13,19H,3,5-6,9-11H2,1-2H3,(H,18,20). The second-order valence-electron chi connectivity index (χ2n) is 6.04. The minimum atomic E-state index is -0.241. The van der Waals surface area contributed by atoms with E-state index in [4.69, 9.17) is 4.74 Å². The summed E-state index contributed by atoms with van der Waals surface area (Å²) in [6.07, 6.45) is 6.18. The van der Waals surface area contributed by atoms with Crippen LogP contribution >= 0.6 is 0 Å². The highest BCUT2D eigenvalue weighted by Crippen LogP contribution is 2.31. The first kappa shape index (κ1) is 15.7. The summed E-state index contributed by atoms with van der Waals surface area (Å²) in [4.78, 5) is 12.1. The Labute approximate surface area is 126 Å². The molecule has 0 bridgehead atoms. The summed E-state index contributed by atoms with van der Waals surface area (Å²) >= 11 is 0. The smallest absolute Gasteiger partial charge is 0.255 e. The molecule has 1 amide bonds. The normalized spacial score (nSPS) is 21.8. The SMILES string of the molecule is COc1cccc(C(=O)NCCC2CCCC(C)C2)c1O. The second-order valence-corrected chi connectivity index (χ2v) is 6.04. The molecule has 0 saturated heterocycles. The molecule has 1 fully saturated rings. The molecule has 0 aromatic heterocycles. The largest absolute Gasteiger partial charge is 0.504 e. The number of phenolic OH excluding ortho intramolecular Hbond substituents is 1. The lowest BCUT2D eigenvalue weighted by Gasteiger charge is -2.26. The molecule has 0 aliphatic heterocycles. The molecule has 1 aromatic rings. The average molecular weight is 291 g/mol. The molecule has 1 aliphatic rings. The lowest BCUT2D eigenvalue weighted by molar-refractivity contribution is 0.0946. The molecular formula is C17H25NO3. The van der Waals surface area contributed by atoms with Gasteiger partial charge in [0.05, 0.1) is 12.7 Å². The van der Waals surface area contributed by atoms with Crippen LogP contribution in [-0.2, 0) is 0 Å². The van der Waals surface area contributed by atoms with Gasteiger partial charge in [-0.15, -0.1) is 0 Å². The number of carbonyl (C=O) groups excluding carboxylic acids is 1. The van der Waals surface area contributed by atoms with E-state index < -0.39 is 0 Å². The fourth-order valence-electron chi connectivity index (χ4n) is 3.18. The van der Waals surface area contributed by atoms with Gasteiger partial charge in [-0.2, -0.15) is 0 Å². The third-order valence-corrected chi connectivity index (χ3v) is 4.35. The van der Waals surface area contributed by atoms with E-state index in [0.717, 1.165) is 12.3 Å². The maximum absolute atomic E-state index is 12.1. The Morgan fingerprint density at radius 3 is 2.95 bits per heavy atom. The van der Waals surface area contributed by atoms with Gasteiger partial charge in [0.1, 0.15) is 0 Å². The molecule has 0 spiro atoms. The van der Waals surface area contributed by atoms with Crippen LogP contribution in [0.2, 0.25) is 0 Å². The first-order chi connectivity index (χ1) is 10.1. The number of para-hydroxylation sites is 1.